The molecule has 0 saturated heterocycles. The van der Waals surface area contributed by atoms with Crippen LogP contribution in [-0.2, 0) is 9.59 Å². The zero-order chi connectivity index (χ0) is 13.5. The largest absolute Gasteiger partial charge is 0.325 e. The van der Waals surface area contributed by atoms with Gasteiger partial charge in [-0.1, -0.05) is 23.7 Å². The Hall–Kier alpha value is -2.30. The van der Waals surface area contributed by atoms with E-state index in [9.17, 15) is 9.59 Å². The molecule has 1 N–H and O–H groups in total. The SMILES string of the molecule is CC(=O)Nc1cc(C=CC(=O)N=[N+]=[N-])ccc1Cl. The van der Waals surface area contributed by atoms with E-state index < -0.39 is 5.91 Å². The summed E-state index contributed by atoms with van der Waals surface area (Å²) in [5.41, 5.74) is 9.14. The number of hydrogen-bond acceptors (Lipinski definition) is 2. The fraction of sp³-hybridized carbons (Fsp3) is 0.0909. The summed E-state index contributed by atoms with van der Waals surface area (Å²) >= 11 is 5.88. The van der Waals surface area contributed by atoms with Gasteiger partial charge in [-0.3, -0.25) is 9.59 Å². The van der Waals surface area contributed by atoms with Crippen LogP contribution in [0.5, 0.6) is 0 Å². The van der Waals surface area contributed by atoms with Crippen LogP contribution in [0.15, 0.2) is 29.4 Å². The van der Waals surface area contributed by atoms with Crippen molar-refractivity contribution in [2.45, 2.75) is 6.92 Å². The highest BCUT2D eigenvalue weighted by atomic mass is 35.5. The highest BCUT2D eigenvalue weighted by molar-refractivity contribution is 6.33. The molecular weight excluding hydrogens is 256 g/mol. The minimum absolute atomic E-state index is 0.247. The maximum atomic E-state index is 10.9. The minimum atomic E-state index is -0.700. The van der Waals surface area contributed by atoms with E-state index in [4.69, 9.17) is 17.1 Å². The van der Waals surface area contributed by atoms with Crippen molar-refractivity contribution in [1.29, 1.82) is 0 Å². The first kappa shape index (κ1) is 13.8. The quantitative estimate of drug-likeness (QED) is 0.393. The number of hydrogen-bond donors (Lipinski definition) is 1. The Bertz CT molecular complexity index is 562. The maximum absolute atomic E-state index is 10.9. The number of nitrogens with one attached hydrogen (secondary N) is 1. The second-order valence-electron chi connectivity index (χ2n) is 3.28. The molecule has 0 bridgehead atoms. The predicted molar refractivity (Wildman–Crippen MR) is 68.9 cm³/mol. The van der Waals surface area contributed by atoms with Crippen LogP contribution >= 0.6 is 11.6 Å². The van der Waals surface area contributed by atoms with E-state index in [1.165, 1.54) is 13.0 Å². The van der Waals surface area contributed by atoms with Gasteiger partial charge in [0.15, 0.2) is 0 Å². The van der Waals surface area contributed by atoms with Crippen LogP contribution in [0.1, 0.15) is 12.5 Å². The van der Waals surface area contributed by atoms with Crippen molar-refractivity contribution < 1.29 is 9.59 Å². The minimum Gasteiger partial charge on any atom is -0.325 e. The lowest BCUT2D eigenvalue weighted by atomic mass is 10.2. The number of nitrogens with zero attached hydrogens (tertiary/aromatic N) is 3. The van der Waals surface area contributed by atoms with Crippen LogP contribution in [0.2, 0.25) is 5.02 Å². The molecule has 7 heteroatoms. The summed E-state index contributed by atoms with van der Waals surface area (Å²) in [5.74, 6) is -0.947. The van der Waals surface area contributed by atoms with Gasteiger partial charge < -0.3 is 5.32 Å². The molecule has 1 aromatic rings. The molecule has 0 atom stereocenters. The summed E-state index contributed by atoms with van der Waals surface area (Å²) in [6.45, 7) is 1.37. The third kappa shape index (κ3) is 4.29. The van der Waals surface area contributed by atoms with Crippen LogP contribution in [-0.4, -0.2) is 11.8 Å². The monoisotopic (exact) mass is 264 g/mol. The highest BCUT2D eigenvalue weighted by Crippen LogP contribution is 2.23. The van der Waals surface area contributed by atoms with Gasteiger partial charge in [-0.05, 0) is 34.4 Å². The third-order valence-electron chi connectivity index (χ3n) is 1.86. The van der Waals surface area contributed by atoms with E-state index in [-0.39, 0.29) is 5.91 Å². The predicted octanol–water partition coefficient (Wildman–Crippen LogP) is 3.15. The zero-order valence-electron chi connectivity index (χ0n) is 9.42. The topological polar surface area (TPSA) is 94.9 Å². The first-order valence-corrected chi connectivity index (χ1v) is 5.25. The molecule has 92 valence electrons. The summed E-state index contributed by atoms with van der Waals surface area (Å²) in [5, 5.41) is 5.83. The van der Waals surface area contributed by atoms with Gasteiger partial charge in [0.2, 0.25) is 11.8 Å². The Morgan fingerprint density at radius 1 is 1.50 bits per heavy atom. The number of carbonyl (C=O) groups is 2. The lowest BCUT2D eigenvalue weighted by Crippen LogP contribution is -2.06. The van der Waals surface area contributed by atoms with Crippen molar-refractivity contribution in [3.8, 4) is 0 Å². The molecule has 0 aliphatic carbocycles. The molecule has 18 heavy (non-hydrogen) atoms. The number of carbonyl (C=O) groups excluding carboxylic acids is 2. The Morgan fingerprint density at radius 2 is 2.22 bits per heavy atom. The highest BCUT2D eigenvalue weighted by Gasteiger charge is 2.02. The number of halogens is 1. The second-order valence-corrected chi connectivity index (χ2v) is 3.69. The van der Waals surface area contributed by atoms with E-state index in [2.05, 4.69) is 15.3 Å². The van der Waals surface area contributed by atoms with Gasteiger partial charge in [-0.15, -0.1) is 0 Å². The fourth-order valence-electron chi connectivity index (χ4n) is 1.18. The van der Waals surface area contributed by atoms with Crippen LogP contribution in [0, 0.1) is 0 Å². The lowest BCUT2D eigenvalue weighted by molar-refractivity contribution is -0.114. The number of rotatable bonds is 3. The van der Waals surface area contributed by atoms with E-state index in [0.29, 0.717) is 16.3 Å². The molecular formula is C11H9ClN4O2. The number of azide groups is 1. The summed E-state index contributed by atoms with van der Waals surface area (Å²) in [6, 6.07) is 4.85. The molecule has 1 aromatic carbocycles. The molecule has 0 heterocycles. The van der Waals surface area contributed by atoms with Crippen molar-refractivity contribution in [3.05, 3.63) is 45.3 Å². The van der Waals surface area contributed by atoms with Crippen LogP contribution in [0.25, 0.3) is 16.5 Å². The van der Waals surface area contributed by atoms with E-state index in [1.807, 2.05) is 0 Å². The van der Waals surface area contributed by atoms with Crippen molar-refractivity contribution in [3.63, 3.8) is 0 Å². The van der Waals surface area contributed by atoms with Crippen molar-refractivity contribution in [1.82, 2.24) is 0 Å². The van der Waals surface area contributed by atoms with Crippen LogP contribution in [0.4, 0.5) is 5.69 Å². The molecule has 2 amide bonds. The molecule has 0 saturated carbocycles. The maximum Gasteiger partial charge on any atom is 0.242 e. The molecule has 0 aromatic heterocycles. The molecule has 6 nitrogen and oxygen atoms in total. The first-order chi connectivity index (χ1) is 8.52. The number of anilines is 1. The Morgan fingerprint density at radius 3 is 2.83 bits per heavy atom. The Balaban J connectivity index is 2.94. The van der Waals surface area contributed by atoms with Crippen LogP contribution < -0.4 is 5.32 Å². The summed E-state index contributed by atoms with van der Waals surface area (Å²) in [6.07, 6.45) is 2.58. The van der Waals surface area contributed by atoms with Crippen molar-refractivity contribution in [2.24, 2.45) is 5.11 Å². The number of amides is 2. The zero-order valence-corrected chi connectivity index (χ0v) is 10.2. The van der Waals surface area contributed by atoms with Gasteiger partial charge in [-0.25, -0.2) is 0 Å². The standard InChI is InChI=1S/C11H9ClN4O2/c1-7(17)14-10-6-8(2-4-9(10)12)3-5-11(18)15-16-13/h2-6H,1H3,(H,14,17). The Kier molecular flexibility index (Phi) is 4.92. The number of benzene rings is 1. The molecule has 0 aliphatic rings. The van der Waals surface area contributed by atoms with E-state index in [0.717, 1.165) is 6.08 Å². The summed E-state index contributed by atoms with van der Waals surface area (Å²) in [7, 11) is 0. The Labute approximate surface area is 108 Å². The molecule has 1 rings (SSSR count). The van der Waals surface area contributed by atoms with Gasteiger partial charge in [0.1, 0.15) is 0 Å². The van der Waals surface area contributed by atoms with Gasteiger partial charge in [0.05, 0.1) is 10.7 Å². The normalized spacial score (nSPS) is 9.89. The molecule has 0 aliphatic heterocycles. The molecule has 0 fully saturated rings. The fourth-order valence-corrected chi connectivity index (χ4v) is 1.34. The van der Waals surface area contributed by atoms with E-state index in [1.54, 1.807) is 18.2 Å². The third-order valence-corrected chi connectivity index (χ3v) is 2.19. The smallest absolute Gasteiger partial charge is 0.242 e. The van der Waals surface area contributed by atoms with Crippen LogP contribution in [0.3, 0.4) is 0 Å². The molecule has 0 radical (unpaired) electrons. The first-order valence-electron chi connectivity index (χ1n) is 4.87. The lowest BCUT2D eigenvalue weighted by Gasteiger charge is -2.05. The average Bonchev–Trinajstić information content (AvgIpc) is 2.30. The average molecular weight is 265 g/mol. The van der Waals surface area contributed by atoms with Gasteiger partial charge >= 0.3 is 0 Å². The van der Waals surface area contributed by atoms with Crippen molar-refractivity contribution >= 4 is 35.2 Å². The summed E-state index contributed by atoms with van der Waals surface area (Å²) < 4.78 is 0. The van der Waals surface area contributed by atoms with Crippen molar-refractivity contribution in [2.75, 3.05) is 5.32 Å². The molecule has 0 spiro atoms. The van der Waals surface area contributed by atoms with Gasteiger partial charge in [-0.2, -0.15) is 0 Å². The van der Waals surface area contributed by atoms with Gasteiger partial charge in [0, 0.05) is 11.8 Å². The summed E-state index contributed by atoms with van der Waals surface area (Å²) in [4.78, 5) is 24.2. The molecule has 0 unspecified atom stereocenters. The second kappa shape index (κ2) is 6.44. The van der Waals surface area contributed by atoms with Gasteiger partial charge in [0.25, 0.3) is 0 Å². The van der Waals surface area contributed by atoms with E-state index >= 15 is 0 Å².